The maximum atomic E-state index is 3.83. The summed E-state index contributed by atoms with van der Waals surface area (Å²) in [6.07, 6.45) is 8.17. The van der Waals surface area contributed by atoms with Crippen LogP contribution in [0.1, 0.15) is 51.0 Å². The summed E-state index contributed by atoms with van der Waals surface area (Å²) in [6, 6.07) is 11.7. The Kier molecular flexibility index (Phi) is 4.42. The highest BCUT2D eigenvalue weighted by Gasteiger charge is 2.42. The van der Waals surface area contributed by atoms with Crippen LogP contribution in [0.4, 0.5) is 0 Å². The summed E-state index contributed by atoms with van der Waals surface area (Å²) in [7, 11) is 0. The Morgan fingerprint density at radius 3 is 2.65 bits per heavy atom. The molecule has 0 aromatic heterocycles. The minimum Gasteiger partial charge on any atom is -0.311 e. The molecule has 110 valence electrons. The van der Waals surface area contributed by atoms with E-state index in [0.717, 1.165) is 6.54 Å². The van der Waals surface area contributed by atoms with Crippen molar-refractivity contribution in [2.75, 3.05) is 13.1 Å². The van der Waals surface area contributed by atoms with Crippen LogP contribution in [0.25, 0.3) is 0 Å². The lowest BCUT2D eigenvalue weighted by Gasteiger charge is -2.48. The molecular weight excluding hydrogens is 244 g/mol. The molecule has 0 radical (unpaired) electrons. The van der Waals surface area contributed by atoms with Gasteiger partial charge in [0.05, 0.1) is 0 Å². The second kappa shape index (κ2) is 6.28. The highest BCUT2D eigenvalue weighted by Crippen LogP contribution is 2.38. The number of hydrogen-bond donors (Lipinski definition) is 1. The Hall–Kier alpha value is -0.860. The first kappa shape index (κ1) is 14.1. The number of piperazine rings is 1. The van der Waals surface area contributed by atoms with Crippen LogP contribution >= 0.6 is 0 Å². The predicted molar refractivity (Wildman–Crippen MR) is 84.7 cm³/mol. The van der Waals surface area contributed by atoms with Crippen LogP contribution in [0.2, 0.25) is 0 Å². The lowest BCUT2D eigenvalue weighted by atomic mass is 9.89. The standard InChI is InChI=1S/C18H28N2/c1-2-8-17-14-20(13-16-9-4-3-5-10-16)18(15-19-17)11-6-7-12-18/h3-5,9-10,17,19H,2,6-8,11-15H2,1H3. The molecule has 2 heteroatoms. The van der Waals surface area contributed by atoms with E-state index in [2.05, 4.69) is 47.5 Å². The van der Waals surface area contributed by atoms with E-state index in [0.29, 0.717) is 11.6 Å². The van der Waals surface area contributed by atoms with Gasteiger partial charge in [-0.2, -0.15) is 0 Å². The molecule has 20 heavy (non-hydrogen) atoms. The third-order valence-electron chi connectivity index (χ3n) is 5.22. The van der Waals surface area contributed by atoms with Crippen molar-refractivity contribution >= 4 is 0 Å². The lowest BCUT2D eigenvalue weighted by Crippen LogP contribution is -2.63. The van der Waals surface area contributed by atoms with Crippen LogP contribution in [0, 0.1) is 0 Å². The molecule has 1 N–H and O–H groups in total. The van der Waals surface area contributed by atoms with Gasteiger partial charge in [-0.1, -0.05) is 56.5 Å². The fourth-order valence-corrected chi connectivity index (χ4v) is 4.07. The zero-order chi connectivity index (χ0) is 13.8. The molecule has 1 aromatic carbocycles. The van der Waals surface area contributed by atoms with E-state index in [1.54, 1.807) is 0 Å². The quantitative estimate of drug-likeness (QED) is 0.901. The van der Waals surface area contributed by atoms with Gasteiger partial charge in [-0.15, -0.1) is 0 Å². The smallest absolute Gasteiger partial charge is 0.0338 e. The molecule has 1 atom stereocenters. The van der Waals surface area contributed by atoms with Gasteiger partial charge in [0, 0.05) is 31.2 Å². The van der Waals surface area contributed by atoms with Crippen LogP contribution in [0.3, 0.4) is 0 Å². The Bertz CT molecular complexity index is 409. The van der Waals surface area contributed by atoms with Crippen LogP contribution in [0.15, 0.2) is 30.3 Å². The second-order valence-corrected chi connectivity index (χ2v) is 6.66. The van der Waals surface area contributed by atoms with Crippen molar-refractivity contribution in [3.05, 3.63) is 35.9 Å². The first-order chi connectivity index (χ1) is 9.82. The highest BCUT2D eigenvalue weighted by atomic mass is 15.3. The van der Waals surface area contributed by atoms with Crippen molar-refractivity contribution < 1.29 is 0 Å². The molecule has 2 fully saturated rings. The summed E-state index contributed by atoms with van der Waals surface area (Å²) < 4.78 is 0. The zero-order valence-electron chi connectivity index (χ0n) is 12.8. The maximum absolute atomic E-state index is 3.83. The number of benzene rings is 1. The number of rotatable bonds is 4. The molecule has 2 aliphatic rings. The van der Waals surface area contributed by atoms with Crippen LogP contribution in [-0.2, 0) is 6.54 Å². The number of hydrogen-bond acceptors (Lipinski definition) is 2. The zero-order valence-corrected chi connectivity index (χ0v) is 12.8. The van der Waals surface area contributed by atoms with Gasteiger partial charge in [-0.25, -0.2) is 0 Å². The Morgan fingerprint density at radius 1 is 1.20 bits per heavy atom. The van der Waals surface area contributed by atoms with Crippen molar-refractivity contribution in [2.24, 2.45) is 0 Å². The molecule has 1 unspecified atom stereocenters. The van der Waals surface area contributed by atoms with Gasteiger partial charge in [-0.05, 0) is 24.8 Å². The van der Waals surface area contributed by atoms with Crippen molar-refractivity contribution in [3.8, 4) is 0 Å². The van der Waals surface area contributed by atoms with E-state index in [9.17, 15) is 0 Å². The molecule has 1 aromatic rings. The van der Waals surface area contributed by atoms with Crippen molar-refractivity contribution in [1.29, 1.82) is 0 Å². The fourth-order valence-electron chi connectivity index (χ4n) is 4.07. The third-order valence-corrected chi connectivity index (χ3v) is 5.22. The maximum Gasteiger partial charge on any atom is 0.0338 e. The predicted octanol–water partition coefficient (Wildman–Crippen LogP) is 3.57. The van der Waals surface area contributed by atoms with Crippen molar-refractivity contribution in [1.82, 2.24) is 10.2 Å². The van der Waals surface area contributed by atoms with Gasteiger partial charge in [0.2, 0.25) is 0 Å². The molecule has 3 rings (SSSR count). The summed E-state index contributed by atoms with van der Waals surface area (Å²) in [5.74, 6) is 0. The minimum absolute atomic E-state index is 0.445. The summed E-state index contributed by atoms with van der Waals surface area (Å²) in [5, 5.41) is 3.83. The van der Waals surface area contributed by atoms with Crippen LogP contribution in [-0.4, -0.2) is 29.6 Å². The minimum atomic E-state index is 0.445. The molecular formula is C18H28N2. The Morgan fingerprint density at radius 2 is 1.95 bits per heavy atom. The Balaban J connectivity index is 1.74. The SMILES string of the molecule is CCCC1CN(Cc2ccccc2)C2(CCCC2)CN1. The summed E-state index contributed by atoms with van der Waals surface area (Å²) in [6.45, 7) is 5.85. The molecule has 1 saturated carbocycles. The summed E-state index contributed by atoms with van der Waals surface area (Å²) in [5.41, 5.74) is 1.91. The first-order valence-corrected chi connectivity index (χ1v) is 8.35. The van der Waals surface area contributed by atoms with Gasteiger partial charge in [0.15, 0.2) is 0 Å². The van der Waals surface area contributed by atoms with E-state index in [-0.39, 0.29) is 0 Å². The van der Waals surface area contributed by atoms with Gasteiger partial charge in [0.1, 0.15) is 0 Å². The molecule has 1 spiro atoms. The van der Waals surface area contributed by atoms with Crippen molar-refractivity contribution in [2.45, 2.75) is 63.6 Å². The lowest BCUT2D eigenvalue weighted by molar-refractivity contribution is 0.0338. The molecule has 0 bridgehead atoms. The highest BCUT2D eigenvalue weighted by molar-refractivity contribution is 5.16. The normalized spacial score (nSPS) is 26.1. The molecule has 1 saturated heterocycles. The van der Waals surface area contributed by atoms with E-state index in [1.807, 2.05) is 0 Å². The Labute approximate surface area is 123 Å². The fraction of sp³-hybridized carbons (Fsp3) is 0.667. The van der Waals surface area contributed by atoms with Crippen LogP contribution in [0.5, 0.6) is 0 Å². The average molecular weight is 272 g/mol. The first-order valence-electron chi connectivity index (χ1n) is 8.35. The van der Waals surface area contributed by atoms with Crippen LogP contribution < -0.4 is 5.32 Å². The van der Waals surface area contributed by atoms with Gasteiger partial charge in [0.25, 0.3) is 0 Å². The van der Waals surface area contributed by atoms with E-state index < -0.39 is 0 Å². The van der Waals surface area contributed by atoms with Gasteiger partial charge in [-0.3, -0.25) is 4.90 Å². The number of nitrogens with one attached hydrogen (secondary N) is 1. The number of nitrogens with zero attached hydrogens (tertiary/aromatic N) is 1. The third kappa shape index (κ3) is 2.91. The molecule has 0 amide bonds. The largest absolute Gasteiger partial charge is 0.311 e. The van der Waals surface area contributed by atoms with Gasteiger partial charge >= 0.3 is 0 Å². The molecule has 1 aliphatic heterocycles. The average Bonchev–Trinajstić information content (AvgIpc) is 2.94. The van der Waals surface area contributed by atoms with E-state index >= 15 is 0 Å². The van der Waals surface area contributed by atoms with E-state index in [4.69, 9.17) is 0 Å². The van der Waals surface area contributed by atoms with E-state index in [1.165, 1.54) is 57.2 Å². The van der Waals surface area contributed by atoms with Crippen molar-refractivity contribution in [3.63, 3.8) is 0 Å². The molecule has 1 heterocycles. The summed E-state index contributed by atoms with van der Waals surface area (Å²) >= 11 is 0. The molecule has 1 aliphatic carbocycles. The topological polar surface area (TPSA) is 15.3 Å². The molecule has 2 nitrogen and oxygen atoms in total. The second-order valence-electron chi connectivity index (χ2n) is 6.66. The van der Waals surface area contributed by atoms with Gasteiger partial charge < -0.3 is 5.32 Å². The monoisotopic (exact) mass is 272 g/mol. The summed E-state index contributed by atoms with van der Waals surface area (Å²) in [4.78, 5) is 2.80.